The van der Waals surface area contributed by atoms with E-state index in [1.165, 1.54) is 6.07 Å². The van der Waals surface area contributed by atoms with Crippen LogP contribution in [0.3, 0.4) is 0 Å². The Balaban J connectivity index is 3.34. The van der Waals surface area contributed by atoms with Gasteiger partial charge in [-0.05, 0) is 30.5 Å². The highest BCUT2D eigenvalue weighted by atomic mass is 79.9. The number of carbonyl (C=O) groups is 1. The van der Waals surface area contributed by atoms with Gasteiger partial charge in [0, 0.05) is 10.5 Å². The first-order valence-electron chi connectivity index (χ1n) is 6.26. The van der Waals surface area contributed by atoms with Crippen LogP contribution < -0.4 is 4.72 Å². The van der Waals surface area contributed by atoms with E-state index >= 15 is 0 Å². The Morgan fingerprint density at radius 2 is 1.95 bits per heavy atom. The van der Waals surface area contributed by atoms with Crippen LogP contribution in [-0.4, -0.2) is 37.2 Å². The van der Waals surface area contributed by atoms with Gasteiger partial charge in [0.15, 0.2) is 0 Å². The van der Waals surface area contributed by atoms with Crippen LogP contribution in [-0.2, 0) is 10.0 Å². The summed E-state index contributed by atoms with van der Waals surface area (Å²) in [4.78, 5) is 10.9. The topological polar surface area (TPSA) is 104 Å². The molecule has 0 radical (unpaired) electrons. The molecule has 0 aliphatic rings. The molecule has 1 rings (SSSR count). The van der Waals surface area contributed by atoms with Gasteiger partial charge in [0.1, 0.15) is 0 Å². The van der Waals surface area contributed by atoms with E-state index in [2.05, 4.69) is 20.7 Å². The van der Waals surface area contributed by atoms with Crippen molar-refractivity contribution in [1.29, 1.82) is 0 Å². The minimum Gasteiger partial charge on any atom is -0.478 e. The molecule has 8 heteroatoms. The third-order valence-corrected chi connectivity index (χ3v) is 5.58. The normalized spacial score (nSPS) is 13.4. The number of nitrogens with one attached hydrogen (secondary N) is 1. The Labute approximate surface area is 132 Å². The second-order valence-corrected chi connectivity index (χ2v) is 7.58. The summed E-state index contributed by atoms with van der Waals surface area (Å²) in [5.74, 6) is -1.31. The molecule has 0 spiro atoms. The summed E-state index contributed by atoms with van der Waals surface area (Å²) < 4.78 is 27.6. The fourth-order valence-corrected chi connectivity index (χ4v) is 3.96. The van der Waals surface area contributed by atoms with Crippen LogP contribution in [0, 0.1) is 12.8 Å². The number of halogens is 1. The summed E-state index contributed by atoms with van der Waals surface area (Å²) in [7, 11) is -3.93. The Morgan fingerprint density at radius 1 is 1.38 bits per heavy atom. The lowest BCUT2D eigenvalue weighted by molar-refractivity contribution is 0.0696. The fraction of sp³-hybridized carbons (Fsp3) is 0.462. The van der Waals surface area contributed by atoms with E-state index in [1.54, 1.807) is 20.8 Å². The number of rotatable bonds is 6. The molecular weight excluding hydrogens is 362 g/mol. The summed E-state index contributed by atoms with van der Waals surface area (Å²) in [6.45, 7) is 4.79. The SMILES string of the molecule is Cc1c(Br)cc(C(=O)O)cc1S(=O)(=O)NC(CO)C(C)C. The molecule has 3 N–H and O–H groups in total. The first-order chi connectivity index (χ1) is 9.60. The average Bonchev–Trinajstić information content (AvgIpc) is 2.38. The van der Waals surface area contributed by atoms with Gasteiger partial charge in [-0.1, -0.05) is 29.8 Å². The molecule has 1 unspecified atom stereocenters. The van der Waals surface area contributed by atoms with Crippen molar-refractivity contribution in [2.75, 3.05) is 6.61 Å². The molecule has 1 aromatic rings. The van der Waals surface area contributed by atoms with Gasteiger partial charge in [-0.3, -0.25) is 0 Å². The molecule has 0 aliphatic heterocycles. The molecule has 0 heterocycles. The lowest BCUT2D eigenvalue weighted by Gasteiger charge is -2.21. The quantitative estimate of drug-likeness (QED) is 0.698. The van der Waals surface area contributed by atoms with Crippen molar-refractivity contribution >= 4 is 31.9 Å². The van der Waals surface area contributed by atoms with Crippen molar-refractivity contribution in [3.8, 4) is 0 Å². The largest absolute Gasteiger partial charge is 0.478 e. The number of hydrogen-bond acceptors (Lipinski definition) is 4. The highest BCUT2D eigenvalue weighted by Gasteiger charge is 2.25. The second kappa shape index (κ2) is 6.87. The van der Waals surface area contributed by atoms with Crippen LogP contribution in [0.15, 0.2) is 21.5 Å². The number of carboxylic acid groups (broad SMARTS) is 1. The third-order valence-electron chi connectivity index (χ3n) is 3.14. The maximum Gasteiger partial charge on any atom is 0.335 e. The molecule has 0 amide bonds. The van der Waals surface area contributed by atoms with Gasteiger partial charge in [0.2, 0.25) is 10.0 Å². The fourth-order valence-electron chi connectivity index (χ4n) is 1.70. The van der Waals surface area contributed by atoms with E-state index in [0.717, 1.165) is 6.07 Å². The predicted molar refractivity (Wildman–Crippen MR) is 81.9 cm³/mol. The minimum atomic E-state index is -3.93. The van der Waals surface area contributed by atoms with Crippen molar-refractivity contribution in [3.63, 3.8) is 0 Å². The number of aromatic carboxylic acids is 1. The number of aliphatic hydroxyl groups is 1. The zero-order chi connectivity index (χ0) is 16.4. The highest BCUT2D eigenvalue weighted by molar-refractivity contribution is 9.10. The molecule has 0 aromatic heterocycles. The molecular formula is C13H18BrNO5S. The molecule has 21 heavy (non-hydrogen) atoms. The summed E-state index contributed by atoms with van der Waals surface area (Å²) >= 11 is 3.16. The molecule has 0 aliphatic carbocycles. The van der Waals surface area contributed by atoms with Gasteiger partial charge >= 0.3 is 5.97 Å². The number of sulfonamides is 1. The highest BCUT2D eigenvalue weighted by Crippen LogP contribution is 2.26. The molecule has 6 nitrogen and oxygen atoms in total. The van der Waals surface area contributed by atoms with Gasteiger partial charge < -0.3 is 10.2 Å². The number of carboxylic acids is 1. The molecule has 0 saturated carbocycles. The molecule has 118 valence electrons. The molecule has 1 atom stereocenters. The second-order valence-electron chi connectivity index (χ2n) is 5.04. The van der Waals surface area contributed by atoms with Gasteiger partial charge in [-0.2, -0.15) is 0 Å². The molecule has 0 saturated heterocycles. The van der Waals surface area contributed by atoms with E-state index in [-0.39, 0.29) is 23.0 Å². The van der Waals surface area contributed by atoms with Crippen LogP contribution in [0.4, 0.5) is 0 Å². The average molecular weight is 380 g/mol. The smallest absolute Gasteiger partial charge is 0.335 e. The van der Waals surface area contributed by atoms with Gasteiger partial charge in [0.05, 0.1) is 17.1 Å². The maximum absolute atomic E-state index is 12.4. The summed E-state index contributed by atoms with van der Waals surface area (Å²) in [6, 6.07) is 1.82. The minimum absolute atomic E-state index is 0.101. The first-order valence-corrected chi connectivity index (χ1v) is 8.54. The Bertz CT molecular complexity index is 642. The van der Waals surface area contributed by atoms with Crippen molar-refractivity contribution < 1.29 is 23.4 Å². The predicted octanol–water partition coefficient (Wildman–Crippen LogP) is 1.75. The van der Waals surface area contributed by atoms with E-state index in [9.17, 15) is 18.3 Å². The van der Waals surface area contributed by atoms with Crippen LogP contribution >= 0.6 is 15.9 Å². The monoisotopic (exact) mass is 379 g/mol. The van der Waals surface area contributed by atoms with Crippen molar-refractivity contribution in [2.45, 2.75) is 31.7 Å². The number of hydrogen-bond donors (Lipinski definition) is 3. The number of aliphatic hydroxyl groups excluding tert-OH is 1. The maximum atomic E-state index is 12.4. The molecule has 1 aromatic carbocycles. The lowest BCUT2D eigenvalue weighted by Crippen LogP contribution is -2.41. The Hall–Kier alpha value is -0.960. The van der Waals surface area contributed by atoms with Gasteiger partial charge in [0.25, 0.3) is 0 Å². The van der Waals surface area contributed by atoms with E-state index in [0.29, 0.717) is 10.0 Å². The van der Waals surface area contributed by atoms with Crippen LogP contribution in [0.5, 0.6) is 0 Å². The van der Waals surface area contributed by atoms with Gasteiger partial charge in [-0.25, -0.2) is 17.9 Å². The first kappa shape index (κ1) is 18.1. The van der Waals surface area contributed by atoms with Crippen molar-refractivity contribution in [3.05, 3.63) is 27.7 Å². The number of benzene rings is 1. The zero-order valence-electron chi connectivity index (χ0n) is 11.9. The summed E-state index contributed by atoms with van der Waals surface area (Å²) in [6.07, 6.45) is 0. The van der Waals surface area contributed by atoms with E-state index in [1.807, 2.05) is 0 Å². The summed E-state index contributed by atoms with van der Waals surface area (Å²) in [5, 5.41) is 18.3. The zero-order valence-corrected chi connectivity index (χ0v) is 14.3. The van der Waals surface area contributed by atoms with Crippen LogP contribution in [0.1, 0.15) is 29.8 Å². The van der Waals surface area contributed by atoms with Gasteiger partial charge in [-0.15, -0.1) is 0 Å². The van der Waals surface area contributed by atoms with Crippen molar-refractivity contribution in [1.82, 2.24) is 4.72 Å². The van der Waals surface area contributed by atoms with E-state index < -0.39 is 22.0 Å². The van der Waals surface area contributed by atoms with Crippen molar-refractivity contribution in [2.24, 2.45) is 5.92 Å². The lowest BCUT2D eigenvalue weighted by atomic mass is 10.1. The Kier molecular flexibility index (Phi) is 5.92. The van der Waals surface area contributed by atoms with Crippen LogP contribution in [0.2, 0.25) is 0 Å². The summed E-state index contributed by atoms with van der Waals surface area (Å²) in [5.41, 5.74) is 0.283. The van der Waals surface area contributed by atoms with Crippen LogP contribution in [0.25, 0.3) is 0 Å². The molecule has 0 bridgehead atoms. The molecule has 0 fully saturated rings. The standard InChI is InChI=1S/C13H18BrNO5S/c1-7(2)11(6-16)15-21(19,20)12-5-9(13(17)18)4-10(14)8(12)3/h4-5,7,11,15-16H,6H2,1-3H3,(H,17,18). The Morgan fingerprint density at radius 3 is 2.38 bits per heavy atom. The third kappa shape index (κ3) is 4.26. The van der Waals surface area contributed by atoms with E-state index in [4.69, 9.17) is 5.11 Å².